The fraction of sp³-hybridized carbons (Fsp3) is 0.538. The van der Waals surface area contributed by atoms with Crippen molar-refractivity contribution in [2.24, 2.45) is 0 Å². The van der Waals surface area contributed by atoms with Gasteiger partial charge in [0.15, 0.2) is 12.0 Å². The number of rotatable bonds is 3. The van der Waals surface area contributed by atoms with Crippen molar-refractivity contribution in [2.75, 3.05) is 30.3 Å². The molecule has 1 unspecified atom stereocenters. The van der Waals surface area contributed by atoms with E-state index in [0.717, 1.165) is 40.7 Å². The van der Waals surface area contributed by atoms with Gasteiger partial charge in [-0.1, -0.05) is 13.8 Å². The lowest BCUT2D eigenvalue weighted by Gasteiger charge is -2.34. The summed E-state index contributed by atoms with van der Waals surface area (Å²) in [5.41, 5.74) is 14.6. The van der Waals surface area contributed by atoms with Crippen LogP contribution in [0, 0.1) is 6.92 Å². The van der Waals surface area contributed by atoms with Gasteiger partial charge in [0.05, 0.1) is 10.6 Å². The number of aryl methyl sites for hydroxylation is 1. The maximum absolute atomic E-state index is 6.11. The molecular weight excluding hydrogens is 246 g/mol. The highest BCUT2D eigenvalue weighted by atomic mass is 32.2. The van der Waals surface area contributed by atoms with Crippen molar-refractivity contribution in [2.45, 2.75) is 31.9 Å². The van der Waals surface area contributed by atoms with Crippen LogP contribution in [0.5, 0.6) is 5.75 Å². The molecule has 1 aliphatic heterocycles. The van der Waals surface area contributed by atoms with Crippen molar-refractivity contribution in [1.29, 1.82) is 0 Å². The van der Waals surface area contributed by atoms with Gasteiger partial charge in [-0.05, 0) is 31.6 Å². The normalized spacial score (nSPS) is 18.6. The van der Waals surface area contributed by atoms with Gasteiger partial charge in [0, 0.05) is 11.4 Å². The number of nitrogen functional groups attached to an aromatic ring is 2. The second-order valence-corrected chi connectivity index (χ2v) is 5.49. The molecule has 0 saturated heterocycles. The Morgan fingerprint density at radius 3 is 2.67 bits per heavy atom. The number of nitrogens with zero attached hydrogens (tertiary/aromatic N) is 1. The third-order valence-corrected chi connectivity index (χ3v) is 4.52. The maximum atomic E-state index is 6.11. The number of benzene rings is 1. The molecule has 0 saturated carbocycles. The van der Waals surface area contributed by atoms with Gasteiger partial charge >= 0.3 is 0 Å². The molecule has 4 nitrogen and oxygen atoms in total. The van der Waals surface area contributed by atoms with Crippen molar-refractivity contribution >= 4 is 23.1 Å². The van der Waals surface area contributed by atoms with Crippen LogP contribution in [0.2, 0.25) is 0 Å². The first-order valence-electron chi connectivity index (χ1n) is 6.30. The van der Waals surface area contributed by atoms with Crippen molar-refractivity contribution < 1.29 is 4.74 Å². The molecule has 0 aromatic heterocycles. The van der Waals surface area contributed by atoms with Crippen LogP contribution in [0.1, 0.15) is 19.4 Å². The average Bonchev–Trinajstić information content (AvgIpc) is 2.37. The van der Waals surface area contributed by atoms with Crippen molar-refractivity contribution in [3.05, 3.63) is 11.6 Å². The molecule has 0 amide bonds. The van der Waals surface area contributed by atoms with Crippen molar-refractivity contribution in [1.82, 2.24) is 4.90 Å². The van der Waals surface area contributed by atoms with Gasteiger partial charge in [-0.15, -0.1) is 11.8 Å². The first-order chi connectivity index (χ1) is 8.58. The Hall–Kier alpha value is -1.07. The van der Waals surface area contributed by atoms with Gasteiger partial charge < -0.3 is 16.2 Å². The Bertz CT molecular complexity index is 446. The zero-order valence-corrected chi connectivity index (χ0v) is 12.0. The number of fused-ring (bicyclic) bond motifs is 1. The summed E-state index contributed by atoms with van der Waals surface area (Å²) in [6, 6.07) is 1.92. The summed E-state index contributed by atoms with van der Waals surface area (Å²) in [4.78, 5) is 3.27. The number of thioether (sulfide) groups is 1. The average molecular weight is 267 g/mol. The summed E-state index contributed by atoms with van der Waals surface area (Å²) in [5.74, 6) is 1.65. The van der Waals surface area contributed by atoms with E-state index in [-0.39, 0.29) is 6.23 Å². The Balaban J connectivity index is 2.33. The van der Waals surface area contributed by atoms with E-state index in [1.54, 1.807) is 11.8 Å². The van der Waals surface area contributed by atoms with Gasteiger partial charge in [-0.25, -0.2) is 0 Å². The minimum Gasteiger partial charge on any atom is -0.471 e. The summed E-state index contributed by atoms with van der Waals surface area (Å²) >= 11 is 1.73. The highest BCUT2D eigenvalue weighted by Gasteiger charge is 2.28. The highest BCUT2D eigenvalue weighted by molar-refractivity contribution is 7.99. The van der Waals surface area contributed by atoms with Crippen LogP contribution in [-0.2, 0) is 0 Å². The smallest absolute Gasteiger partial charge is 0.162 e. The predicted molar refractivity (Wildman–Crippen MR) is 78.1 cm³/mol. The molecule has 0 radical (unpaired) electrons. The number of hydrogen-bond donors (Lipinski definition) is 2. The fourth-order valence-corrected chi connectivity index (χ4v) is 3.31. The molecule has 1 aromatic rings. The summed E-state index contributed by atoms with van der Waals surface area (Å²) < 4.78 is 6.07. The molecule has 5 heteroatoms. The Kier molecular flexibility index (Phi) is 3.92. The monoisotopic (exact) mass is 267 g/mol. The summed E-state index contributed by atoms with van der Waals surface area (Å²) in [6.07, 6.45) is 0.0843. The van der Waals surface area contributed by atoms with Gasteiger partial charge in [-0.2, -0.15) is 0 Å². The number of hydrogen-bond acceptors (Lipinski definition) is 5. The standard InChI is InChI=1S/C13H21N3OS/c1-4-16(5-2)10-7-18-13-9(14)6-8(3)11(15)12(13)17-10/h6,10H,4-5,7,14-15H2,1-3H3. The van der Waals surface area contributed by atoms with E-state index in [1.165, 1.54) is 0 Å². The first-order valence-corrected chi connectivity index (χ1v) is 7.29. The van der Waals surface area contributed by atoms with E-state index in [4.69, 9.17) is 16.2 Å². The maximum Gasteiger partial charge on any atom is 0.162 e. The number of anilines is 2. The fourth-order valence-electron chi connectivity index (χ4n) is 2.21. The topological polar surface area (TPSA) is 64.5 Å². The van der Waals surface area contributed by atoms with Crippen LogP contribution < -0.4 is 16.2 Å². The molecule has 18 heavy (non-hydrogen) atoms. The molecule has 0 fully saturated rings. The van der Waals surface area contributed by atoms with E-state index >= 15 is 0 Å². The molecule has 1 aliphatic rings. The van der Waals surface area contributed by atoms with E-state index in [2.05, 4.69) is 18.7 Å². The third kappa shape index (κ3) is 2.24. The van der Waals surface area contributed by atoms with Gasteiger partial charge in [0.25, 0.3) is 0 Å². The van der Waals surface area contributed by atoms with Crippen LogP contribution in [0.3, 0.4) is 0 Å². The van der Waals surface area contributed by atoms with E-state index < -0.39 is 0 Å². The third-order valence-electron chi connectivity index (χ3n) is 3.35. The van der Waals surface area contributed by atoms with E-state index in [1.807, 2.05) is 13.0 Å². The first kappa shape index (κ1) is 13.4. The Morgan fingerprint density at radius 2 is 2.06 bits per heavy atom. The molecular formula is C13H21N3OS. The summed E-state index contributed by atoms with van der Waals surface area (Å²) in [6.45, 7) is 8.18. The van der Waals surface area contributed by atoms with Crippen LogP contribution in [-0.4, -0.2) is 30.0 Å². The molecule has 1 aromatic carbocycles. The number of nitrogens with two attached hydrogens (primary N) is 2. The van der Waals surface area contributed by atoms with Crippen molar-refractivity contribution in [3.8, 4) is 5.75 Å². The second kappa shape index (κ2) is 5.28. The van der Waals surface area contributed by atoms with E-state index in [9.17, 15) is 0 Å². The zero-order chi connectivity index (χ0) is 13.3. The van der Waals surface area contributed by atoms with Crippen molar-refractivity contribution in [3.63, 3.8) is 0 Å². The Labute approximate surface area is 113 Å². The van der Waals surface area contributed by atoms with E-state index in [0.29, 0.717) is 5.69 Å². The highest BCUT2D eigenvalue weighted by Crippen LogP contribution is 2.45. The lowest BCUT2D eigenvalue weighted by molar-refractivity contribution is 0.0474. The second-order valence-electron chi connectivity index (χ2n) is 4.46. The zero-order valence-electron chi connectivity index (χ0n) is 11.2. The minimum absolute atomic E-state index is 0.0843. The Morgan fingerprint density at radius 1 is 1.39 bits per heavy atom. The molecule has 1 atom stereocenters. The molecule has 2 rings (SSSR count). The minimum atomic E-state index is 0.0843. The number of ether oxygens (including phenoxy) is 1. The quantitative estimate of drug-likeness (QED) is 0.823. The van der Waals surface area contributed by atoms with Gasteiger partial charge in [0.2, 0.25) is 0 Å². The SMILES string of the molecule is CCN(CC)C1CSc2c(N)cc(C)c(N)c2O1. The summed E-state index contributed by atoms with van der Waals surface area (Å²) in [7, 11) is 0. The van der Waals surface area contributed by atoms with Crippen LogP contribution >= 0.6 is 11.8 Å². The lowest BCUT2D eigenvalue weighted by atomic mass is 10.1. The molecule has 0 bridgehead atoms. The predicted octanol–water partition coefficient (Wildman–Crippen LogP) is 2.31. The molecule has 0 aliphatic carbocycles. The molecule has 4 N–H and O–H groups in total. The van der Waals surface area contributed by atoms with Crippen LogP contribution in [0.25, 0.3) is 0 Å². The molecule has 1 heterocycles. The van der Waals surface area contributed by atoms with Gasteiger partial charge in [0.1, 0.15) is 0 Å². The summed E-state index contributed by atoms with van der Waals surface area (Å²) in [5, 5.41) is 0. The lowest BCUT2D eigenvalue weighted by Crippen LogP contribution is -2.42. The van der Waals surface area contributed by atoms with Crippen LogP contribution in [0.15, 0.2) is 11.0 Å². The molecule has 0 spiro atoms. The van der Waals surface area contributed by atoms with Gasteiger partial charge in [-0.3, -0.25) is 4.90 Å². The molecule has 100 valence electrons. The van der Waals surface area contributed by atoms with Crippen LogP contribution in [0.4, 0.5) is 11.4 Å². The largest absolute Gasteiger partial charge is 0.471 e.